The molecule has 2 N–H and O–H groups in total. The summed E-state index contributed by atoms with van der Waals surface area (Å²) in [4.78, 5) is 1.41. The summed E-state index contributed by atoms with van der Waals surface area (Å²) in [5.74, 6) is 0. The fourth-order valence-corrected chi connectivity index (χ4v) is 1.48. The van der Waals surface area contributed by atoms with Crippen molar-refractivity contribution in [2.45, 2.75) is 4.34 Å². The van der Waals surface area contributed by atoms with Crippen molar-refractivity contribution in [3.8, 4) is 0 Å². The van der Waals surface area contributed by atoms with Crippen molar-refractivity contribution in [1.29, 1.82) is 0 Å². The van der Waals surface area contributed by atoms with Crippen LogP contribution in [0.3, 0.4) is 0 Å². The second-order valence-electron chi connectivity index (χ2n) is 2.76. The molecule has 1 heterocycles. The number of quaternary nitrogens is 1. The molecule has 0 unspecified atom stereocenters. The SMILES string of the molecule is C[NH+](C)CCNc1nnc([S-])s1. The van der Waals surface area contributed by atoms with Gasteiger partial charge in [0.2, 0.25) is 0 Å². The van der Waals surface area contributed by atoms with E-state index in [0.29, 0.717) is 4.34 Å². The number of anilines is 1. The van der Waals surface area contributed by atoms with Crippen molar-refractivity contribution in [2.24, 2.45) is 0 Å². The molecule has 12 heavy (non-hydrogen) atoms. The van der Waals surface area contributed by atoms with Crippen LogP contribution in [-0.2, 0) is 12.6 Å². The zero-order valence-electron chi connectivity index (χ0n) is 7.13. The molecule has 0 fully saturated rings. The Labute approximate surface area is 81.4 Å². The zero-order valence-corrected chi connectivity index (χ0v) is 8.76. The summed E-state index contributed by atoms with van der Waals surface area (Å²) in [6, 6.07) is 0. The van der Waals surface area contributed by atoms with E-state index >= 15 is 0 Å². The van der Waals surface area contributed by atoms with E-state index in [0.717, 1.165) is 18.2 Å². The van der Waals surface area contributed by atoms with Crippen LogP contribution < -0.4 is 10.2 Å². The number of likely N-dealkylation sites (N-methyl/N-ethyl adjacent to an activating group) is 1. The first-order valence-electron chi connectivity index (χ1n) is 3.72. The topological polar surface area (TPSA) is 42.2 Å². The smallest absolute Gasteiger partial charge is 0.110 e. The van der Waals surface area contributed by atoms with Crippen LogP contribution in [0, 0.1) is 0 Å². The first-order chi connectivity index (χ1) is 5.68. The van der Waals surface area contributed by atoms with Gasteiger partial charge in [-0.25, -0.2) is 0 Å². The van der Waals surface area contributed by atoms with Gasteiger partial charge in [-0.05, 0) is 4.34 Å². The lowest BCUT2D eigenvalue weighted by atomic mass is 10.6. The fraction of sp³-hybridized carbons (Fsp3) is 0.667. The highest BCUT2D eigenvalue weighted by atomic mass is 32.2. The van der Waals surface area contributed by atoms with Gasteiger partial charge in [-0.1, -0.05) is 0 Å². The minimum atomic E-state index is 0.592. The second-order valence-corrected chi connectivity index (χ2v) is 4.38. The Kier molecular flexibility index (Phi) is 3.64. The maximum atomic E-state index is 4.83. The Balaban J connectivity index is 2.24. The molecule has 0 atom stereocenters. The van der Waals surface area contributed by atoms with E-state index < -0.39 is 0 Å². The molecule has 68 valence electrons. The van der Waals surface area contributed by atoms with Crippen molar-refractivity contribution >= 4 is 29.1 Å². The van der Waals surface area contributed by atoms with E-state index in [-0.39, 0.29) is 0 Å². The highest BCUT2D eigenvalue weighted by Crippen LogP contribution is 2.12. The van der Waals surface area contributed by atoms with Gasteiger partial charge in [0.25, 0.3) is 0 Å². The average molecular weight is 204 g/mol. The summed E-state index contributed by atoms with van der Waals surface area (Å²) >= 11 is 6.25. The summed E-state index contributed by atoms with van der Waals surface area (Å²) in [5.41, 5.74) is 0. The molecule has 0 saturated carbocycles. The maximum Gasteiger partial charge on any atom is 0.110 e. The average Bonchev–Trinajstić information content (AvgIpc) is 2.35. The molecule has 0 spiro atoms. The Morgan fingerprint density at radius 3 is 2.75 bits per heavy atom. The maximum absolute atomic E-state index is 4.83. The Morgan fingerprint density at radius 2 is 2.25 bits per heavy atom. The molecule has 0 aromatic carbocycles. The summed E-state index contributed by atoms with van der Waals surface area (Å²) in [6.45, 7) is 1.97. The van der Waals surface area contributed by atoms with Crippen LogP contribution in [0.1, 0.15) is 0 Å². The lowest BCUT2D eigenvalue weighted by molar-refractivity contribution is -0.856. The van der Waals surface area contributed by atoms with Gasteiger partial charge in [0.1, 0.15) is 5.13 Å². The lowest BCUT2D eigenvalue weighted by Gasteiger charge is -2.07. The van der Waals surface area contributed by atoms with E-state index in [4.69, 9.17) is 12.6 Å². The second kappa shape index (κ2) is 4.54. The molecule has 1 aromatic heterocycles. The van der Waals surface area contributed by atoms with Gasteiger partial charge in [0.15, 0.2) is 0 Å². The first kappa shape index (κ1) is 9.63. The molecule has 1 aromatic rings. The van der Waals surface area contributed by atoms with Crippen molar-refractivity contribution in [2.75, 3.05) is 32.5 Å². The molecular weight excluding hydrogens is 192 g/mol. The molecule has 0 aliphatic rings. The monoisotopic (exact) mass is 204 g/mol. The number of hydrogen-bond donors (Lipinski definition) is 2. The third kappa shape index (κ3) is 3.29. The molecule has 1 rings (SSSR count). The van der Waals surface area contributed by atoms with Crippen molar-refractivity contribution in [3.05, 3.63) is 0 Å². The van der Waals surface area contributed by atoms with E-state index in [1.165, 1.54) is 16.2 Å². The van der Waals surface area contributed by atoms with Gasteiger partial charge >= 0.3 is 0 Å². The predicted octanol–water partition coefficient (Wildman–Crippen LogP) is -1.000. The number of nitrogens with one attached hydrogen (secondary N) is 2. The highest BCUT2D eigenvalue weighted by molar-refractivity contribution is 7.62. The molecule has 4 nitrogen and oxygen atoms in total. The normalized spacial score (nSPS) is 10.6. The van der Waals surface area contributed by atoms with Gasteiger partial charge in [-0.2, -0.15) is 5.10 Å². The zero-order chi connectivity index (χ0) is 8.97. The summed E-state index contributed by atoms with van der Waals surface area (Å²) < 4.78 is 0.592. The van der Waals surface area contributed by atoms with Crippen LogP contribution in [0.25, 0.3) is 0 Å². The predicted molar refractivity (Wildman–Crippen MR) is 51.7 cm³/mol. The molecule has 0 bridgehead atoms. The minimum Gasteiger partial charge on any atom is -0.406 e. The quantitative estimate of drug-likeness (QED) is 0.618. The van der Waals surface area contributed by atoms with Gasteiger partial charge < -0.3 is 34.2 Å². The van der Waals surface area contributed by atoms with Crippen molar-refractivity contribution < 1.29 is 4.90 Å². The third-order valence-corrected chi connectivity index (χ3v) is 2.31. The Morgan fingerprint density at radius 1 is 1.50 bits per heavy atom. The minimum absolute atomic E-state index is 0.592. The van der Waals surface area contributed by atoms with E-state index in [1.54, 1.807) is 0 Å². The van der Waals surface area contributed by atoms with Gasteiger partial charge in [0.05, 0.1) is 27.2 Å². The van der Waals surface area contributed by atoms with Crippen LogP contribution in [0.4, 0.5) is 5.13 Å². The number of rotatable bonds is 4. The van der Waals surface area contributed by atoms with Crippen LogP contribution in [0.2, 0.25) is 0 Å². The number of aromatic nitrogens is 2. The van der Waals surface area contributed by atoms with Crippen LogP contribution in [0.15, 0.2) is 4.34 Å². The molecule has 6 heteroatoms. The largest absolute Gasteiger partial charge is 0.406 e. The molecule has 0 amide bonds. The van der Waals surface area contributed by atoms with Crippen LogP contribution >= 0.6 is 11.3 Å². The standard InChI is InChI=1S/C6H12N4S2/c1-10(2)4-3-7-5-8-9-6(11)12-5/h3-4H2,1-2H3,(H,7,8)(H,9,11). The van der Waals surface area contributed by atoms with Gasteiger partial charge in [0, 0.05) is 0 Å². The summed E-state index contributed by atoms with van der Waals surface area (Å²) in [5, 5.41) is 11.6. The number of nitrogens with zero attached hydrogens (tertiary/aromatic N) is 2. The van der Waals surface area contributed by atoms with E-state index in [2.05, 4.69) is 29.6 Å². The van der Waals surface area contributed by atoms with Crippen LogP contribution in [-0.4, -0.2) is 37.4 Å². The molecule has 0 aliphatic heterocycles. The Bertz CT molecular complexity index is 235. The highest BCUT2D eigenvalue weighted by Gasteiger charge is 1.93. The molecular formula is C6H12N4S2. The number of hydrogen-bond acceptors (Lipinski definition) is 5. The molecule has 0 radical (unpaired) electrons. The summed E-state index contributed by atoms with van der Waals surface area (Å²) in [7, 11) is 4.22. The third-order valence-electron chi connectivity index (χ3n) is 1.31. The fourth-order valence-electron chi connectivity index (χ4n) is 0.701. The van der Waals surface area contributed by atoms with Crippen molar-refractivity contribution in [3.63, 3.8) is 0 Å². The lowest BCUT2D eigenvalue weighted by Crippen LogP contribution is -3.06. The van der Waals surface area contributed by atoms with E-state index in [9.17, 15) is 0 Å². The van der Waals surface area contributed by atoms with Crippen LogP contribution in [0.5, 0.6) is 0 Å². The van der Waals surface area contributed by atoms with E-state index in [1.807, 2.05) is 0 Å². The van der Waals surface area contributed by atoms with Crippen molar-refractivity contribution in [1.82, 2.24) is 10.2 Å². The molecule has 0 saturated heterocycles. The Hall–Kier alpha value is -0.460. The van der Waals surface area contributed by atoms with Gasteiger partial charge in [-0.3, -0.25) is 0 Å². The van der Waals surface area contributed by atoms with Gasteiger partial charge in [-0.15, -0.1) is 5.10 Å². The molecule has 0 aliphatic carbocycles. The first-order valence-corrected chi connectivity index (χ1v) is 4.94. The summed E-state index contributed by atoms with van der Waals surface area (Å²) in [6.07, 6.45) is 0.